The van der Waals surface area contributed by atoms with E-state index >= 15 is 0 Å². The zero-order valence-electron chi connectivity index (χ0n) is 13.9. The van der Waals surface area contributed by atoms with Crippen LogP contribution in [0.15, 0.2) is 48.5 Å². The van der Waals surface area contributed by atoms with Gasteiger partial charge in [0.2, 0.25) is 0 Å². The molecule has 0 bridgehead atoms. The molecule has 2 aromatic carbocycles. The number of para-hydroxylation sites is 1. The number of carboxylic acids is 1. The predicted octanol–water partition coefficient (Wildman–Crippen LogP) is 3.65. The summed E-state index contributed by atoms with van der Waals surface area (Å²) in [5.41, 5.74) is -0.712. The van der Waals surface area contributed by atoms with Crippen LogP contribution in [0.25, 0.3) is 10.9 Å². The summed E-state index contributed by atoms with van der Waals surface area (Å²) < 4.78 is 0. The summed E-state index contributed by atoms with van der Waals surface area (Å²) in [6.45, 7) is 1.63. The third-order valence-electron chi connectivity index (χ3n) is 4.41. The Morgan fingerprint density at radius 1 is 1.19 bits per heavy atom. The fourth-order valence-electron chi connectivity index (χ4n) is 2.99. The first-order valence-corrected chi connectivity index (χ1v) is 8.38. The standard InChI is InChI=1S/C19H17ClN2O4/c1-2-19(18(25)26,13-5-3-4-6-16(13)23)22-17(24)15-10-11-9-12(20)7-8-14(11)21-15/h3-10,21,23H,2H2,1H3,(H,22,24)(H,25,26)/t19-/m1/s1. The van der Waals surface area contributed by atoms with Crippen molar-refractivity contribution in [3.8, 4) is 5.75 Å². The summed E-state index contributed by atoms with van der Waals surface area (Å²) in [6, 6.07) is 12.8. The number of rotatable bonds is 5. The zero-order chi connectivity index (χ0) is 18.9. The third-order valence-corrected chi connectivity index (χ3v) is 4.65. The summed E-state index contributed by atoms with van der Waals surface area (Å²) in [5, 5.41) is 23.8. The predicted molar refractivity (Wildman–Crippen MR) is 98.5 cm³/mol. The van der Waals surface area contributed by atoms with Crippen molar-refractivity contribution in [2.24, 2.45) is 0 Å². The van der Waals surface area contributed by atoms with E-state index in [1.165, 1.54) is 12.1 Å². The highest BCUT2D eigenvalue weighted by Gasteiger charge is 2.42. The average Bonchev–Trinajstić information content (AvgIpc) is 3.03. The normalized spacial score (nSPS) is 13.3. The van der Waals surface area contributed by atoms with E-state index in [0.29, 0.717) is 10.5 Å². The summed E-state index contributed by atoms with van der Waals surface area (Å²) in [7, 11) is 0. The molecule has 3 rings (SSSR count). The second-order valence-corrected chi connectivity index (χ2v) is 6.39. The smallest absolute Gasteiger partial charge is 0.334 e. The number of halogens is 1. The van der Waals surface area contributed by atoms with Crippen molar-refractivity contribution in [1.82, 2.24) is 10.3 Å². The summed E-state index contributed by atoms with van der Waals surface area (Å²) in [4.78, 5) is 27.7. The summed E-state index contributed by atoms with van der Waals surface area (Å²) in [6.07, 6.45) is 0.0533. The minimum atomic E-state index is -1.75. The van der Waals surface area contributed by atoms with Crippen LogP contribution in [0, 0.1) is 0 Å². The highest BCUT2D eigenvalue weighted by atomic mass is 35.5. The molecule has 0 aliphatic rings. The molecule has 0 aliphatic carbocycles. The van der Waals surface area contributed by atoms with Crippen LogP contribution in [0.4, 0.5) is 0 Å². The van der Waals surface area contributed by atoms with Crippen LogP contribution in [0.2, 0.25) is 5.02 Å². The summed E-state index contributed by atoms with van der Waals surface area (Å²) >= 11 is 5.96. The van der Waals surface area contributed by atoms with Crippen LogP contribution in [-0.4, -0.2) is 27.1 Å². The molecule has 134 valence electrons. The Morgan fingerprint density at radius 2 is 1.92 bits per heavy atom. The number of phenolic OH excluding ortho intramolecular Hbond substituents is 1. The number of H-pyrrole nitrogens is 1. The average molecular weight is 373 g/mol. The second-order valence-electron chi connectivity index (χ2n) is 5.95. The van der Waals surface area contributed by atoms with Gasteiger partial charge >= 0.3 is 5.97 Å². The molecule has 7 heteroatoms. The van der Waals surface area contributed by atoms with E-state index in [2.05, 4.69) is 10.3 Å². The van der Waals surface area contributed by atoms with Gasteiger partial charge in [0.1, 0.15) is 11.4 Å². The number of fused-ring (bicyclic) bond motifs is 1. The number of nitrogens with one attached hydrogen (secondary N) is 2. The molecule has 0 aliphatic heterocycles. The highest BCUT2D eigenvalue weighted by molar-refractivity contribution is 6.31. The molecule has 1 heterocycles. The molecule has 1 atom stereocenters. The van der Waals surface area contributed by atoms with Crippen molar-refractivity contribution in [3.05, 3.63) is 64.8 Å². The monoisotopic (exact) mass is 372 g/mol. The number of aromatic hydroxyl groups is 1. The molecule has 0 unspecified atom stereocenters. The molecule has 0 radical (unpaired) electrons. The van der Waals surface area contributed by atoms with Gasteiger partial charge in [0.05, 0.1) is 0 Å². The fraction of sp³-hybridized carbons (Fsp3) is 0.158. The Bertz CT molecular complexity index is 998. The van der Waals surface area contributed by atoms with Crippen molar-refractivity contribution in [2.45, 2.75) is 18.9 Å². The lowest BCUT2D eigenvalue weighted by molar-refractivity contribution is -0.145. The Morgan fingerprint density at radius 3 is 2.58 bits per heavy atom. The molecule has 3 aromatic rings. The number of aromatic nitrogens is 1. The van der Waals surface area contributed by atoms with Crippen LogP contribution in [0.3, 0.4) is 0 Å². The molecule has 1 aromatic heterocycles. The van der Waals surface area contributed by atoms with Gasteiger partial charge in [0.15, 0.2) is 5.54 Å². The van der Waals surface area contributed by atoms with Crippen LogP contribution in [0.1, 0.15) is 29.4 Å². The number of carbonyl (C=O) groups is 2. The van der Waals surface area contributed by atoms with E-state index in [0.717, 1.165) is 5.39 Å². The van der Waals surface area contributed by atoms with Crippen molar-refractivity contribution < 1.29 is 19.8 Å². The lowest BCUT2D eigenvalue weighted by Crippen LogP contribution is -2.51. The zero-order valence-corrected chi connectivity index (χ0v) is 14.7. The quantitative estimate of drug-likeness (QED) is 0.549. The van der Waals surface area contributed by atoms with Gasteiger partial charge < -0.3 is 20.5 Å². The molecule has 0 spiro atoms. The number of carbonyl (C=O) groups excluding carboxylic acids is 1. The SMILES string of the molecule is CC[C@](NC(=O)c1cc2cc(Cl)ccc2[nH]1)(C(=O)O)c1ccccc1O. The molecule has 26 heavy (non-hydrogen) atoms. The lowest BCUT2D eigenvalue weighted by Gasteiger charge is -2.30. The van der Waals surface area contributed by atoms with E-state index in [4.69, 9.17) is 11.6 Å². The van der Waals surface area contributed by atoms with Gasteiger partial charge in [0.25, 0.3) is 5.91 Å². The highest BCUT2D eigenvalue weighted by Crippen LogP contribution is 2.33. The maximum Gasteiger partial charge on any atom is 0.334 e. The summed E-state index contributed by atoms with van der Waals surface area (Å²) in [5.74, 6) is -2.04. The van der Waals surface area contributed by atoms with Crippen LogP contribution >= 0.6 is 11.6 Å². The molecule has 4 N–H and O–H groups in total. The van der Waals surface area contributed by atoms with Crippen molar-refractivity contribution in [2.75, 3.05) is 0 Å². The Hall–Kier alpha value is -2.99. The third kappa shape index (κ3) is 2.99. The number of hydrogen-bond acceptors (Lipinski definition) is 3. The molecule has 0 fully saturated rings. The first kappa shape index (κ1) is 17.8. The second kappa shape index (κ2) is 6.72. The number of carboxylic acid groups (broad SMARTS) is 1. The van der Waals surface area contributed by atoms with Gasteiger partial charge in [0, 0.05) is 21.5 Å². The first-order chi connectivity index (χ1) is 12.4. The topological polar surface area (TPSA) is 102 Å². The number of benzene rings is 2. The maximum absolute atomic E-state index is 12.7. The van der Waals surface area contributed by atoms with Gasteiger partial charge in [-0.05, 0) is 36.8 Å². The van der Waals surface area contributed by atoms with E-state index in [9.17, 15) is 19.8 Å². The Balaban J connectivity index is 2.02. The number of hydrogen-bond donors (Lipinski definition) is 4. The molecule has 1 amide bonds. The molecule has 0 saturated heterocycles. The van der Waals surface area contributed by atoms with Gasteiger partial charge in [-0.15, -0.1) is 0 Å². The number of aliphatic carboxylic acids is 1. The van der Waals surface area contributed by atoms with Gasteiger partial charge in [-0.25, -0.2) is 4.79 Å². The van der Waals surface area contributed by atoms with E-state index in [-0.39, 0.29) is 23.4 Å². The van der Waals surface area contributed by atoms with Crippen LogP contribution < -0.4 is 5.32 Å². The molecular formula is C19H17ClN2O4. The fourth-order valence-corrected chi connectivity index (χ4v) is 3.17. The van der Waals surface area contributed by atoms with Gasteiger partial charge in [-0.2, -0.15) is 0 Å². The van der Waals surface area contributed by atoms with E-state index in [1.54, 1.807) is 43.3 Å². The number of aromatic amines is 1. The number of phenols is 1. The van der Waals surface area contributed by atoms with Gasteiger partial charge in [-0.1, -0.05) is 36.7 Å². The maximum atomic E-state index is 12.7. The largest absolute Gasteiger partial charge is 0.508 e. The lowest BCUT2D eigenvalue weighted by atomic mass is 9.86. The van der Waals surface area contributed by atoms with Crippen LogP contribution in [-0.2, 0) is 10.3 Å². The van der Waals surface area contributed by atoms with Crippen molar-refractivity contribution in [1.29, 1.82) is 0 Å². The van der Waals surface area contributed by atoms with Crippen molar-refractivity contribution in [3.63, 3.8) is 0 Å². The Labute approximate surface area is 154 Å². The minimum absolute atomic E-state index is 0.0533. The minimum Gasteiger partial charge on any atom is -0.508 e. The van der Waals surface area contributed by atoms with E-state index in [1.807, 2.05) is 0 Å². The van der Waals surface area contributed by atoms with Crippen molar-refractivity contribution >= 4 is 34.4 Å². The van der Waals surface area contributed by atoms with E-state index < -0.39 is 17.4 Å². The first-order valence-electron chi connectivity index (χ1n) is 8.00. The van der Waals surface area contributed by atoms with Gasteiger partial charge in [-0.3, -0.25) is 4.79 Å². The van der Waals surface area contributed by atoms with Crippen LogP contribution in [0.5, 0.6) is 5.75 Å². The molecular weight excluding hydrogens is 356 g/mol. The molecule has 6 nitrogen and oxygen atoms in total. The Kier molecular flexibility index (Phi) is 4.61. The number of amides is 1. The molecule has 0 saturated carbocycles.